The highest BCUT2D eigenvalue weighted by Gasteiger charge is 2.23. The van der Waals surface area contributed by atoms with E-state index < -0.39 is 22.6 Å². The summed E-state index contributed by atoms with van der Waals surface area (Å²) in [6.45, 7) is 1.87. The number of fused-ring (bicyclic) bond motifs is 3. The zero-order chi connectivity index (χ0) is 21.7. The van der Waals surface area contributed by atoms with E-state index in [4.69, 9.17) is 0 Å². The molecule has 9 nitrogen and oxygen atoms in total. The maximum atomic E-state index is 13.7. The first-order valence-corrected chi connectivity index (χ1v) is 9.43. The Morgan fingerprint density at radius 2 is 1.83 bits per heavy atom. The average Bonchev–Trinajstić information content (AvgIpc) is 3.12. The quantitative estimate of drug-likeness (QED) is 0.535. The topological polar surface area (TPSA) is 104 Å². The molecule has 4 rings (SSSR count). The van der Waals surface area contributed by atoms with E-state index in [-0.39, 0.29) is 41.4 Å². The minimum atomic E-state index is -0.664. The molecular formula is C20H20FN5O4. The molecular weight excluding hydrogens is 393 g/mol. The fourth-order valence-electron chi connectivity index (χ4n) is 3.68. The van der Waals surface area contributed by atoms with Gasteiger partial charge in [-0.2, -0.15) is 4.98 Å². The van der Waals surface area contributed by atoms with E-state index in [9.17, 15) is 23.9 Å². The third kappa shape index (κ3) is 2.75. The fourth-order valence-corrected chi connectivity index (χ4v) is 3.68. The number of rotatable bonds is 4. The van der Waals surface area contributed by atoms with Crippen LogP contribution in [0.2, 0.25) is 0 Å². The van der Waals surface area contributed by atoms with E-state index in [1.165, 1.54) is 41.4 Å². The molecule has 0 bridgehead atoms. The maximum absolute atomic E-state index is 13.7. The van der Waals surface area contributed by atoms with Crippen LogP contribution in [0.5, 0.6) is 5.88 Å². The van der Waals surface area contributed by atoms with Crippen molar-refractivity contribution in [2.45, 2.75) is 26.3 Å². The van der Waals surface area contributed by atoms with Gasteiger partial charge in [-0.1, -0.05) is 25.5 Å². The second kappa shape index (κ2) is 6.97. The molecule has 0 radical (unpaired) electrons. The molecule has 0 aliphatic carbocycles. The van der Waals surface area contributed by atoms with Crippen molar-refractivity contribution in [3.05, 3.63) is 72.4 Å². The zero-order valence-corrected chi connectivity index (χ0v) is 16.7. The third-order valence-electron chi connectivity index (χ3n) is 5.20. The van der Waals surface area contributed by atoms with Gasteiger partial charge in [0.2, 0.25) is 11.7 Å². The standard InChI is InChI=1S/C20H20FN5O4/c1-4-6-13-16(27)25(10-11-7-5-8-12(21)9-11)19-22-15-14(26(19)17(13)28)18(29)24(3)20(30)23(15)2/h5,7-9,27H,4,6,10H2,1-3H3. The summed E-state index contributed by atoms with van der Waals surface area (Å²) in [5, 5.41) is 10.9. The summed E-state index contributed by atoms with van der Waals surface area (Å²) in [6.07, 6.45) is 0.854. The van der Waals surface area contributed by atoms with E-state index >= 15 is 0 Å². The number of aromatic hydroxyl groups is 1. The monoisotopic (exact) mass is 413 g/mol. The van der Waals surface area contributed by atoms with Gasteiger partial charge in [0.1, 0.15) is 5.82 Å². The number of halogens is 1. The van der Waals surface area contributed by atoms with Gasteiger partial charge in [-0.05, 0) is 24.1 Å². The first-order chi connectivity index (χ1) is 14.3. The van der Waals surface area contributed by atoms with Gasteiger partial charge in [-0.25, -0.2) is 13.6 Å². The normalized spacial score (nSPS) is 11.6. The van der Waals surface area contributed by atoms with Crippen LogP contribution in [0, 0.1) is 5.82 Å². The largest absolute Gasteiger partial charge is 0.494 e. The Balaban J connectivity index is 2.19. The molecule has 0 unspecified atom stereocenters. The summed E-state index contributed by atoms with van der Waals surface area (Å²) >= 11 is 0. The number of aryl methyl sites for hydroxylation is 1. The van der Waals surface area contributed by atoms with Gasteiger partial charge in [0.25, 0.3) is 11.1 Å². The summed E-state index contributed by atoms with van der Waals surface area (Å²) in [6, 6.07) is 5.82. The van der Waals surface area contributed by atoms with Crippen molar-refractivity contribution in [3.63, 3.8) is 0 Å². The number of benzene rings is 1. The summed E-state index contributed by atoms with van der Waals surface area (Å²) in [5.74, 6) is -0.742. The summed E-state index contributed by atoms with van der Waals surface area (Å²) in [7, 11) is 2.77. The number of imidazole rings is 1. The molecule has 0 atom stereocenters. The summed E-state index contributed by atoms with van der Waals surface area (Å²) in [4.78, 5) is 42.7. The predicted octanol–water partition coefficient (Wildman–Crippen LogP) is 0.892. The lowest BCUT2D eigenvalue weighted by molar-refractivity contribution is 0.411. The van der Waals surface area contributed by atoms with Crippen molar-refractivity contribution >= 4 is 16.9 Å². The minimum Gasteiger partial charge on any atom is -0.494 e. The van der Waals surface area contributed by atoms with E-state index in [0.717, 1.165) is 8.97 Å². The molecule has 0 saturated carbocycles. The lowest BCUT2D eigenvalue weighted by atomic mass is 10.1. The lowest BCUT2D eigenvalue weighted by Gasteiger charge is -2.14. The van der Waals surface area contributed by atoms with E-state index in [2.05, 4.69) is 4.98 Å². The van der Waals surface area contributed by atoms with Crippen molar-refractivity contribution in [2.24, 2.45) is 14.1 Å². The Labute approximate surface area is 168 Å². The fraction of sp³-hybridized carbons (Fsp3) is 0.300. The van der Waals surface area contributed by atoms with Crippen molar-refractivity contribution in [2.75, 3.05) is 0 Å². The Kier molecular flexibility index (Phi) is 4.56. The van der Waals surface area contributed by atoms with Gasteiger partial charge >= 0.3 is 5.69 Å². The van der Waals surface area contributed by atoms with Crippen molar-refractivity contribution in [3.8, 4) is 5.88 Å². The molecule has 1 aromatic carbocycles. The van der Waals surface area contributed by atoms with E-state index in [1.807, 2.05) is 6.92 Å². The molecule has 0 aliphatic heterocycles. The maximum Gasteiger partial charge on any atom is 0.332 e. The molecule has 1 N–H and O–H groups in total. The molecule has 3 aromatic heterocycles. The van der Waals surface area contributed by atoms with Crippen LogP contribution < -0.4 is 16.8 Å². The first-order valence-electron chi connectivity index (χ1n) is 9.43. The van der Waals surface area contributed by atoms with Gasteiger partial charge in [0.05, 0.1) is 12.1 Å². The second-order valence-electron chi connectivity index (χ2n) is 7.20. The van der Waals surface area contributed by atoms with Crippen LogP contribution >= 0.6 is 0 Å². The third-order valence-corrected chi connectivity index (χ3v) is 5.20. The van der Waals surface area contributed by atoms with Crippen LogP contribution in [0.25, 0.3) is 16.9 Å². The molecule has 4 aromatic rings. The van der Waals surface area contributed by atoms with Gasteiger partial charge in [0.15, 0.2) is 11.2 Å². The average molecular weight is 413 g/mol. The predicted molar refractivity (Wildman–Crippen MR) is 109 cm³/mol. The van der Waals surface area contributed by atoms with Crippen molar-refractivity contribution in [1.82, 2.24) is 23.1 Å². The molecule has 3 heterocycles. The highest BCUT2D eigenvalue weighted by molar-refractivity contribution is 5.75. The highest BCUT2D eigenvalue weighted by atomic mass is 19.1. The number of aromatic nitrogens is 5. The molecule has 30 heavy (non-hydrogen) atoms. The van der Waals surface area contributed by atoms with E-state index in [0.29, 0.717) is 12.0 Å². The van der Waals surface area contributed by atoms with Gasteiger partial charge in [-0.15, -0.1) is 0 Å². The van der Waals surface area contributed by atoms with Crippen LogP contribution in [0.3, 0.4) is 0 Å². The molecule has 10 heteroatoms. The SMILES string of the molecule is CCCc1c(O)n(Cc2cccc(F)c2)c2nc3c(c(=O)n(C)c(=O)n3C)n2c1=O. The Morgan fingerprint density at radius 1 is 1.10 bits per heavy atom. The Morgan fingerprint density at radius 3 is 2.50 bits per heavy atom. The van der Waals surface area contributed by atoms with Crippen molar-refractivity contribution < 1.29 is 9.50 Å². The van der Waals surface area contributed by atoms with Crippen LogP contribution in [0.1, 0.15) is 24.5 Å². The van der Waals surface area contributed by atoms with Crippen LogP contribution in [-0.4, -0.2) is 28.2 Å². The molecule has 0 spiro atoms. The second-order valence-corrected chi connectivity index (χ2v) is 7.20. The Hall–Kier alpha value is -3.69. The van der Waals surface area contributed by atoms with Crippen LogP contribution in [-0.2, 0) is 27.1 Å². The van der Waals surface area contributed by atoms with E-state index in [1.54, 1.807) is 6.07 Å². The van der Waals surface area contributed by atoms with Crippen LogP contribution in [0.4, 0.5) is 4.39 Å². The molecule has 0 amide bonds. The lowest BCUT2D eigenvalue weighted by Crippen LogP contribution is -2.38. The molecule has 0 saturated heterocycles. The molecule has 156 valence electrons. The summed E-state index contributed by atoms with van der Waals surface area (Å²) < 4.78 is 18.2. The minimum absolute atomic E-state index is 0.00471. The molecule has 0 fully saturated rings. The number of hydrogen-bond donors (Lipinski definition) is 1. The first kappa shape index (κ1) is 19.6. The van der Waals surface area contributed by atoms with Crippen LogP contribution in [0.15, 0.2) is 38.6 Å². The van der Waals surface area contributed by atoms with Crippen molar-refractivity contribution in [1.29, 1.82) is 0 Å². The Bertz CT molecular complexity index is 1490. The number of nitrogens with zero attached hydrogens (tertiary/aromatic N) is 5. The van der Waals surface area contributed by atoms with Gasteiger partial charge < -0.3 is 5.11 Å². The molecule has 0 aliphatic rings. The zero-order valence-electron chi connectivity index (χ0n) is 16.7. The highest BCUT2D eigenvalue weighted by Crippen LogP contribution is 2.22. The summed E-state index contributed by atoms with van der Waals surface area (Å²) in [5.41, 5.74) is -1.19. The van der Waals surface area contributed by atoms with Gasteiger partial charge in [-0.3, -0.25) is 23.3 Å². The smallest absolute Gasteiger partial charge is 0.332 e. The van der Waals surface area contributed by atoms with Gasteiger partial charge in [0, 0.05) is 14.1 Å². The number of hydrogen-bond acceptors (Lipinski definition) is 5.